The molecule has 0 saturated heterocycles. The lowest BCUT2D eigenvalue weighted by Gasteiger charge is -2.13. The topological polar surface area (TPSA) is 107 Å². The molecule has 0 spiro atoms. The number of hydrogen-bond donors (Lipinski definition) is 2. The SMILES string of the molecule is CCOc1nc2nc(n1)NCCCCCCCCNCCCOc1cc(ccc1C(=O)OC)C2. The standard InChI is InChI=1S/C25H37N5O4/c1-3-33-25-29-22-18-19-11-12-20(23(31)32-2)21(17-19)34-16-10-14-26-13-8-6-4-5-7-9-15-27-24(28-22)30-25/h11-12,17,26H,3-10,13-16,18H2,1-2H3,(H,27,28,29,30). The van der Waals surface area contributed by atoms with E-state index in [2.05, 4.69) is 25.6 Å². The summed E-state index contributed by atoms with van der Waals surface area (Å²) in [6.45, 7) is 5.60. The molecule has 9 nitrogen and oxygen atoms in total. The molecule has 4 bridgehead atoms. The molecule has 2 heterocycles. The average Bonchev–Trinajstić information content (AvgIpc) is 2.83. The molecule has 1 aromatic carbocycles. The van der Waals surface area contributed by atoms with Gasteiger partial charge < -0.3 is 24.8 Å². The fourth-order valence-electron chi connectivity index (χ4n) is 3.79. The highest BCUT2D eigenvalue weighted by atomic mass is 16.5. The normalized spacial score (nSPS) is 16.3. The highest BCUT2D eigenvalue weighted by Crippen LogP contribution is 2.23. The van der Waals surface area contributed by atoms with Gasteiger partial charge in [-0.3, -0.25) is 0 Å². The molecule has 9 heteroatoms. The predicted octanol–water partition coefficient (Wildman–Crippen LogP) is 3.77. The van der Waals surface area contributed by atoms with E-state index in [1.54, 1.807) is 6.07 Å². The maximum absolute atomic E-state index is 12.2. The Morgan fingerprint density at radius 2 is 1.76 bits per heavy atom. The van der Waals surface area contributed by atoms with E-state index in [-0.39, 0.29) is 0 Å². The number of nitrogens with one attached hydrogen (secondary N) is 2. The van der Waals surface area contributed by atoms with E-state index in [9.17, 15) is 4.79 Å². The number of aromatic nitrogens is 3. The lowest BCUT2D eigenvalue weighted by atomic mass is 10.1. The first-order chi connectivity index (χ1) is 16.7. The summed E-state index contributed by atoms with van der Waals surface area (Å²) in [6.07, 6.45) is 8.47. The molecule has 186 valence electrons. The predicted molar refractivity (Wildman–Crippen MR) is 131 cm³/mol. The zero-order chi connectivity index (χ0) is 24.0. The Morgan fingerprint density at radius 1 is 1.00 bits per heavy atom. The van der Waals surface area contributed by atoms with Crippen LogP contribution < -0.4 is 20.1 Å². The quantitative estimate of drug-likeness (QED) is 0.647. The molecule has 0 radical (unpaired) electrons. The van der Waals surface area contributed by atoms with Gasteiger partial charge in [-0.2, -0.15) is 15.0 Å². The van der Waals surface area contributed by atoms with Crippen LogP contribution in [0.1, 0.15) is 73.6 Å². The van der Waals surface area contributed by atoms with Crippen molar-refractivity contribution in [1.82, 2.24) is 20.3 Å². The number of methoxy groups -OCH3 is 1. The first-order valence-corrected chi connectivity index (χ1v) is 12.4. The highest BCUT2D eigenvalue weighted by molar-refractivity contribution is 5.92. The lowest BCUT2D eigenvalue weighted by molar-refractivity contribution is 0.0596. The van der Waals surface area contributed by atoms with Crippen molar-refractivity contribution in [1.29, 1.82) is 0 Å². The van der Waals surface area contributed by atoms with Gasteiger partial charge in [-0.25, -0.2) is 4.79 Å². The lowest BCUT2D eigenvalue weighted by Crippen LogP contribution is -2.19. The van der Waals surface area contributed by atoms with Crippen LogP contribution in [0.3, 0.4) is 0 Å². The van der Waals surface area contributed by atoms with Crippen LogP contribution in [0.15, 0.2) is 18.2 Å². The number of anilines is 1. The molecule has 0 saturated carbocycles. The van der Waals surface area contributed by atoms with Gasteiger partial charge in [0.2, 0.25) is 5.95 Å². The molecule has 1 aliphatic heterocycles. The number of fused-ring (bicyclic) bond motifs is 4. The first kappa shape index (κ1) is 25.7. The van der Waals surface area contributed by atoms with Gasteiger partial charge in [-0.05, 0) is 57.0 Å². The fraction of sp³-hybridized carbons (Fsp3) is 0.600. The molecule has 2 N–H and O–H groups in total. The molecule has 1 aromatic heterocycles. The summed E-state index contributed by atoms with van der Waals surface area (Å²) < 4.78 is 16.5. The van der Waals surface area contributed by atoms with Gasteiger partial charge in [-0.1, -0.05) is 31.7 Å². The minimum Gasteiger partial charge on any atom is -0.493 e. The molecular weight excluding hydrogens is 434 g/mol. The first-order valence-electron chi connectivity index (χ1n) is 12.4. The van der Waals surface area contributed by atoms with Crippen molar-refractivity contribution in [2.75, 3.05) is 45.3 Å². The van der Waals surface area contributed by atoms with Crippen LogP contribution in [0.25, 0.3) is 0 Å². The Bertz CT molecular complexity index is 909. The summed E-state index contributed by atoms with van der Waals surface area (Å²) >= 11 is 0. The third kappa shape index (κ3) is 8.44. The molecule has 0 fully saturated rings. The monoisotopic (exact) mass is 471 g/mol. The third-order valence-electron chi connectivity index (χ3n) is 5.57. The Labute approximate surface area is 202 Å². The number of carbonyl (C=O) groups is 1. The Hall–Kier alpha value is -2.94. The van der Waals surface area contributed by atoms with Crippen molar-refractivity contribution < 1.29 is 19.0 Å². The highest BCUT2D eigenvalue weighted by Gasteiger charge is 2.15. The van der Waals surface area contributed by atoms with Crippen LogP contribution in [0, 0.1) is 0 Å². The minimum absolute atomic E-state index is 0.309. The molecule has 34 heavy (non-hydrogen) atoms. The van der Waals surface area contributed by atoms with Crippen LogP contribution in [0.4, 0.5) is 5.95 Å². The Balaban J connectivity index is 1.81. The number of rotatable bonds is 3. The van der Waals surface area contributed by atoms with Crippen molar-refractivity contribution in [3.63, 3.8) is 0 Å². The number of hydrogen-bond acceptors (Lipinski definition) is 9. The summed E-state index contributed by atoms with van der Waals surface area (Å²) in [5, 5.41) is 6.79. The largest absolute Gasteiger partial charge is 0.493 e. The third-order valence-corrected chi connectivity index (χ3v) is 5.57. The number of esters is 1. The number of nitrogens with zero attached hydrogens (tertiary/aromatic N) is 3. The van der Waals surface area contributed by atoms with Crippen LogP contribution in [0.2, 0.25) is 0 Å². The van der Waals surface area contributed by atoms with Gasteiger partial charge in [0, 0.05) is 13.0 Å². The maximum atomic E-state index is 12.2. The smallest absolute Gasteiger partial charge is 0.341 e. The average molecular weight is 472 g/mol. The molecule has 0 unspecified atom stereocenters. The van der Waals surface area contributed by atoms with Gasteiger partial charge in [0.25, 0.3) is 0 Å². The van der Waals surface area contributed by atoms with Crippen LogP contribution in [0.5, 0.6) is 11.8 Å². The summed E-state index contributed by atoms with van der Waals surface area (Å²) in [5.74, 6) is 1.20. The van der Waals surface area contributed by atoms with Crippen LogP contribution in [-0.4, -0.2) is 60.9 Å². The second kappa shape index (κ2) is 14.3. The van der Waals surface area contributed by atoms with Crippen molar-refractivity contribution >= 4 is 11.9 Å². The molecule has 0 aliphatic carbocycles. The van der Waals surface area contributed by atoms with Crippen molar-refractivity contribution in [2.45, 2.75) is 58.3 Å². The van der Waals surface area contributed by atoms with E-state index in [0.29, 0.717) is 48.7 Å². The second-order valence-corrected chi connectivity index (χ2v) is 8.29. The second-order valence-electron chi connectivity index (χ2n) is 8.29. The Morgan fingerprint density at radius 3 is 2.56 bits per heavy atom. The van der Waals surface area contributed by atoms with Gasteiger partial charge in [0.1, 0.15) is 17.1 Å². The van der Waals surface area contributed by atoms with Gasteiger partial charge >= 0.3 is 12.0 Å². The van der Waals surface area contributed by atoms with E-state index in [4.69, 9.17) is 14.2 Å². The number of ether oxygens (including phenoxy) is 3. The van der Waals surface area contributed by atoms with E-state index < -0.39 is 5.97 Å². The zero-order valence-electron chi connectivity index (χ0n) is 20.4. The van der Waals surface area contributed by atoms with Crippen LogP contribution >= 0.6 is 0 Å². The fourth-order valence-corrected chi connectivity index (χ4v) is 3.79. The molecular formula is C25H37N5O4. The number of carbonyl (C=O) groups excluding carboxylic acids is 1. The molecule has 2 aromatic rings. The summed E-state index contributed by atoms with van der Waals surface area (Å²) in [7, 11) is 1.37. The minimum atomic E-state index is -0.421. The van der Waals surface area contributed by atoms with Crippen molar-refractivity contribution in [2.24, 2.45) is 0 Å². The zero-order valence-corrected chi connectivity index (χ0v) is 20.4. The van der Waals surface area contributed by atoms with Crippen molar-refractivity contribution in [3.8, 4) is 11.8 Å². The Kier molecular flexibility index (Phi) is 10.8. The molecule has 0 amide bonds. The van der Waals surface area contributed by atoms with Crippen LogP contribution in [-0.2, 0) is 11.2 Å². The molecule has 3 rings (SSSR count). The van der Waals surface area contributed by atoms with Gasteiger partial charge in [0.05, 0.1) is 20.3 Å². The maximum Gasteiger partial charge on any atom is 0.341 e. The summed E-state index contributed by atoms with van der Waals surface area (Å²) in [4.78, 5) is 25.7. The number of benzene rings is 1. The van der Waals surface area contributed by atoms with E-state index in [0.717, 1.165) is 38.0 Å². The van der Waals surface area contributed by atoms with Gasteiger partial charge in [0.15, 0.2) is 0 Å². The van der Waals surface area contributed by atoms with E-state index >= 15 is 0 Å². The molecule has 0 atom stereocenters. The van der Waals surface area contributed by atoms with Gasteiger partial charge in [-0.15, -0.1) is 0 Å². The van der Waals surface area contributed by atoms with E-state index in [1.165, 1.54) is 39.2 Å². The van der Waals surface area contributed by atoms with Crippen molar-refractivity contribution in [3.05, 3.63) is 35.2 Å². The molecule has 1 aliphatic rings. The summed E-state index contributed by atoms with van der Waals surface area (Å²) in [5.41, 5.74) is 1.33. The summed E-state index contributed by atoms with van der Waals surface area (Å²) in [6, 6.07) is 5.77. The van der Waals surface area contributed by atoms with E-state index in [1.807, 2.05) is 19.1 Å².